The summed E-state index contributed by atoms with van der Waals surface area (Å²) in [7, 11) is 0. The summed E-state index contributed by atoms with van der Waals surface area (Å²) in [4.78, 5) is 32.8. The van der Waals surface area contributed by atoms with Crippen molar-refractivity contribution in [2.45, 2.75) is 44.3 Å². The molecule has 1 saturated heterocycles. The maximum absolute atomic E-state index is 15.1. The van der Waals surface area contributed by atoms with Crippen molar-refractivity contribution in [1.82, 2.24) is 24.9 Å². The predicted molar refractivity (Wildman–Crippen MR) is 136 cm³/mol. The van der Waals surface area contributed by atoms with Gasteiger partial charge >= 0.3 is 5.97 Å². The molecule has 12 heteroatoms. The van der Waals surface area contributed by atoms with E-state index in [1.165, 1.54) is 28.7 Å². The molecule has 1 amide bonds. The molecule has 1 aliphatic heterocycles. The first-order chi connectivity index (χ1) is 17.9. The number of aromatic nitrogens is 3. The Morgan fingerprint density at radius 2 is 1.97 bits per heavy atom. The monoisotopic (exact) mass is 543 g/mol. The van der Waals surface area contributed by atoms with E-state index in [0.717, 1.165) is 42.9 Å². The number of hydrogen-bond donors (Lipinski definition) is 2. The number of benzene rings is 1. The molecule has 2 fully saturated rings. The Hall–Kier alpha value is -3.28. The second kappa shape index (κ2) is 9.55. The largest absolute Gasteiger partial charge is 0.478 e. The minimum absolute atomic E-state index is 0.0397. The number of nitrogens with one attached hydrogen (secondary N) is 1. The van der Waals surface area contributed by atoms with Crippen LogP contribution in [0.25, 0.3) is 21.7 Å². The molecule has 0 radical (unpaired) electrons. The van der Waals surface area contributed by atoms with Crippen LogP contribution in [0.5, 0.6) is 0 Å². The van der Waals surface area contributed by atoms with E-state index < -0.39 is 17.7 Å². The van der Waals surface area contributed by atoms with Gasteiger partial charge in [0.2, 0.25) is 5.82 Å². The van der Waals surface area contributed by atoms with Crippen LogP contribution in [0, 0.1) is 5.82 Å². The van der Waals surface area contributed by atoms with Crippen molar-refractivity contribution < 1.29 is 23.6 Å². The molecule has 9 nitrogen and oxygen atoms in total. The summed E-state index contributed by atoms with van der Waals surface area (Å²) in [5.74, 6) is -2.01. The molecular formula is C25H23ClFN5O4S. The van der Waals surface area contributed by atoms with Crippen LogP contribution >= 0.6 is 22.9 Å². The highest BCUT2D eigenvalue weighted by atomic mass is 35.5. The predicted octanol–water partition coefficient (Wildman–Crippen LogP) is 4.65. The molecule has 1 aliphatic carbocycles. The van der Waals surface area contributed by atoms with Gasteiger partial charge in [-0.2, -0.15) is 0 Å². The maximum atomic E-state index is 15.1. The molecule has 2 aliphatic rings. The third kappa shape index (κ3) is 4.74. The van der Waals surface area contributed by atoms with Crippen molar-refractivity contribution in [2.75, 3.05) is 13.1 Å². The SMILES string of the molecule is O=C(O)c1ccc(F)c2c1nc(C(=O)NC1CCN(C3CC3)CC1)n2Cc1cc(-c2ccc(Cl)s2)on1. The minimum Gasteiger partial charge on any atom is -0.478 e. The van der Waals surface area contributed by atoms with Gasteiger partial charge in [0.1, 0.15) is 22.5 Å². The second-order valence-corrected chi connectivity index (χ2v) is 11.1. The quantitative estimate of drug-likeness (QED) is 0.349. The first kappa shape index (κ1) is 24.1. The van der Waals surface area contributed by atoms with Crippen LogP contribution in [0.4, 0.5) is 4.39 Å². The standard InChI is InChI=1S/C25H23ClFN5O4S/c26-20-6-5-19(37-20)18-11-14(30-36-18)12-32-22-17(27)4-3-16(25(34)35)21(22)29-23(32)24(33)28-13-7-9-31(10-8-13)15-1-2-15/h3-6,11,13,15H,1-2,7-10,12H2,(H,28,33)(H,34,35). The molecule has 2 N–H and O–H groups in total. The van der Waals surface area contributed by atoms with E-state index >= 15 is 4.39 Å². The first-order valence-electron chi connectivity index (χ1n) is 12.1. The third-order valence-corrected chi connectivity index (χ3v) is 8.15. The van der Waals surface area contributed by atoms with Gasteiger partial charge in [-0.05, 0) is 49.9 Å². The number of amides is 1. The number of carbonyl (C=O) groups is 2. The molecule has 4 heterocycles. The molecule has 0 unspecified atom stereocenters. The maximum Gasteiger partial charge on any atom is 0.337 e. The fourth-order valence-electron chi connectivity index (χ4n) is 4.91. The number of aromatic carboxylic acids is 1. The Balaban J connectivity index is 1.33. The zero-order valence-corrected chi connectivity index (χ0v) is 21.2. The fraction of sp³-hybridized carbons (Fsp3) is 0.360. The van der Waals surface area contributed by atoms with Gasteiger partial charge in [0.05, 0.1) is 21.3 Å². The summed E-state index contributed by atoms with van der Waals surface area (Å²) in [5.41, 5.74) is 0.0778. The van der Waals surface area contributed by atoms with Gasteiger partial charge in [0, 0.05) is 31.2 Å². The molecule has 192 valence electrons. The summed E-state index contributed by atoms with van der Waals surface area (Å²) in [6, 6.07) is 8.09. The molecule has 6 rings (SSSR count). The van der Waals surface area contributed by atoms with E-state index in [-0.39, 0.29) is 35.0 Å². The number of carbonyl (C=O) groups excluding carboxylic acids is 1. The van der Waals surface area contributed by atoms with E-state index in [9.17, 15) is 14.7 Å². The topological polar surface area (TPSA) is 113 Å². The number of halogens is 2. The van der Waals surface area contributed by atoms with Gasteiger partial charge in [0.25, 0.3) is 5.91 Å². The van der Waals surface area contributed by atoms with E-state index in [2.05, 4.69) is 20.4 Å². The number of fused-ring (bicyclic) bond motifs is 1. The molecule has 3 aromatic heterocycles. The van der Waals surface area contributed by atoms with Crippen LogP contribution in [0.2, 0.25) is 4.34 Å². The molecule has 1 saturated carbocycles. The number of nitrogens with zero attached hydrogens (tertiary/aromatic N) is 4. The molecular weight excluding hydrogens is 521 g/mol. The summed E-state index contributed by atoms with van der Waals surface area (Å²) >= 11 is 7.35. The van der Waals surface area contributed by atoms with Crippen molar-refractivity contribution in [3.05, 3.63) is 57.6 Å². The Bertz CT molecular complexity index is 1500. The fourth-order valence-corrected chi connectivity index (χ4v) is 5.90. The summed E-state index contributed by atoms with van der Waals surface area (Å²) < 4.78 is 22.5. The average Bonchev–Trinajstić information content (AvgIpc) is 3.27. The molecule has 1 aromatic carbocycles. The highest BCUT2D eigenvalue weighted by Crippen LogP contribution is 2.32. The lowest BCUT2D eigenvalue weighted by molar-refractivity contribution is 0.0698. The van der Waals surface area contributed by atoms with E-state index in [1.54, 1.807) is 18.2 Å². The molecule has 37 heavy (non-hydrogen) atoms. The van der Waals surface area contributed by atoms with Gasteiger partial charge in [-0.15, -0.1) is 11.3 Å². The second-order valence-electron chi connectivity index (χ2n) is 9.42. The zero-order valence-electron chi connectivity index (χ0n) is 19.6. The van der Waals surface area contributed by atoms with E-state index in [4.69, 9.17) is 16.1 Å². The minimum atomic E-state index is -1.26. The van der Waals surface area contributed by atoms with E-state index in [0.29, 0.717) is 21.8 Å². The molecule has 0 bridgehead atoms. The summed E-state index contributed by atoms with van der Waals surface area (Å²) in [6.45, 7) is 1.79. The van der Waals surface area contributed by atoms with Crippen molar-refractivity contribution in [3.8, 4) is 10.6 Å². The van der Waals surface area contributed by atoms with Gasteiger partial charge in [-0.3, -0.25) is 4.79 Å². The molecule has 0 spiro atoms. The number of carboxylic acid groups (broad SMARTS) is 1. The number of rotatable bonds is 7. The van der Waals surface area contributed by atoms with E-state index in [1.807, 2.05) is 0 Å². The van der Waals surface area contributed by atoms with Crippen molar-refractivity contribution in [3.63, 3.8) is 0 Å². The molecule has 0 atom stereocenters. The number of thiophene rings is 1. The lowest BCUT2D eigenvalue weighted by atomic mass is 10.0. The Labute approximate surface area is 219 Å². The number of likely N-dealkylation sites (tertiary alicyclic amines) is 1. The van der Waals surface area contributed by atoms with Crippen molar-refractivity contribution >= 4 is 45.8 Å². The van der Waals surface area contributed by atoms with Crippen LogP contribution in [0.15, 0.2) is 34.9 Å². The Morgan fingerprint density at radius 3 is 2.65 bits per heavy atom. The third-order valence-electron chi connectivity index (χ3n) is 6.90. The number of carboxylic acids is 1. The Kier molecular flexibility index (Phi) is 6.21. The van der Waals surface area contributed by atoms with Crippen LogP contribution < -0.4 is 5.32 Å². The smallest absolute Gasteiger partial charge is 0.337 e. The zero-order chi connectivity index (χ0) is 25.7. The normalized spacial score (nSPS) is 16.9. The van der Waals surface area contributed by atoms with Gasteiger partial charge in [0.15, 0.2) is 5.76 Å². The highest BCUT2D eigenvalue weighted by molar-refractivity contribution is 7.19. The summed E-state index contributed by atoms with van der Waals surface area (Å²) in [5, 5.41) is 16.8. The van der Waals surface area contributed by atoms with Gasteiger partial charge in [-0.25, -0.2) is 14.2 Å². The van der Waals surface area contributed by atoms with Gasteiger partial charge < -0.3 is 24.4 Å². The van der Waals surface area contributed by atoms with Crippen molar-refractivity contribution in [1.29, 1.82) is 0 Å². The Morgan fingerprint density at radius 1 is 1.19 bits per heavy atom. The first-order valence-corrected chi connectivity index (χ1v) is 13.2. The summed E-state index contributed by atoms with van der Waals surface area (Å²) in [6.07, 6.45) is 4.10. The van der Waals surface area contributed by atoms with Crippen LogP contribution in [0.3, 0.4) is 0 Å². The number of hydrogen-bond acceptors (Lipinski definition) is 7. The van der Waals surface area contributed by atoms with Gasteiger partial charge in [-0.1, -0.05) is 16.8 Å². The van der Waals surface area contributed by atoms with Crippen LogP contribution in [-0.2, 0) is 6.54 Å². The lowest BCUT2D eigenvalue weighted by Crippen LogP contribution is -2.45. The van der Waals surface area contributed by atoms with Crippen molar-refractivity contribution in [2.24, 2.45) is 0 Å². The highest BCUT2D eigenvalue weighted by Gasteiger charge is 2.33. The average molecular weight is 544 g/mol. The number of imidazole rings is 1. The number of piperidine rings is 1. The lowest BCUT2D eigenvalue weighted by Gasteiger charge is -2.32. The van der Waals surface area contributed by atoms with Crippen LogP contribution in [0.1, 0.15) is 52.4 Å². The molecule has 4 aromatic rings. The van der Waals surface area contributed by atoms with Crippen LogP contribution in [-0.4, -0.2) is 61.8 Å².